The lowest BCUT2D eigenvalue weighted by molar-refractivity contribution is -0.148. The molecule has 0 radical (unpaired) electrons. The molecule has 0 bridgehead atoms. The van der Waals surface area contributed by atoms with Gasteiger partial charge in [-0.05, 0) is 19.9 Å². The van der Waals surface area contributed by atoms with Crippen molar-refractivity contribution >= 4 is 12.3 Å². The zero-order valence-corrected chi connectivity index (χ0v) is 10.6. The van der Waals surface area contributed by atoms with Crippen LogP contribution in [-0.2, 0) is 4.79 Å². The predicted molar refractivity (Wildman–Crippen MR) is 64.9 cm³/mol. The normalized spacial score (nSPS) is 13.2. The minimum atomic E-state index is -1.05. The zero-order valence-electron chi connectivity index (χ0n) is 10.6. The van der Waals surface area contributed by atoms with Crippen molar-refractivity contribution in [2.45, 2.75) is 13.8 Å². The standard InChI is InChI=1S/C13H14O6/c1-13(2,12(15)16)6-17-9-4-11-10(18-7-19-11)3-8(9)5-14/h3-5H,6-7H2,1-2H3,(H,15,16). The molecule has 102 valence electrons. The van der Waals surface area contributed by atoms with E-state index in [0.29, 0.717) is 23.3 Å². The van der Waals surface area contributed by atoms with E-state index in [9.17, 15) is 9.59 Å². The fourth-order valence-electron chi connectivity index (χ4n) is 1.48. The van der Waals surface area contributed by atoms with Crippen LogP contribution in [0.3, 0.4) is 0 Å². The van der Waals surface area contributed by atoms with Crippen molar-refractivity contribution in [1.82, 2.24) is 0 Å². The molecule has 0 spiro atoms. The summed E-state index contributed by atoms with van der Waals surface area (Å²) in [7, 11) is 0. The van der Waals surface area contributed by atoms with Gasteiger partial charge in [0.25, 0.3) is 0 Å². The molecule has 2 rings (SSSR count). The van der Waals surface area contributed by atoms with E-state index in [1.54, 1.807) is 13.8 Å². The van der Waals surface area contributed by atoms with Crippen LogP contribution < -0.4 is 14.2 Å². The molecule has 19 heavy (non-hydrogen) atoms. The van der Waals surface area contributed by atoms with Crippen LogP contribution in [0.4, 0.5) is 0 Å². The van der Waals surface area contributed by atoms with Gasteiger partial charge in [-0.15, -0.1) is 0 Å². The summed E-state index contributed by atoms with van der Waals surface area (Å²) in [6.07, 6.45) is 0.630. The minimum absolute atomic E-state index is 0.0528. The van der Waals surface area contributed by atoms with Gasteiger partial charge in [-0.1, -0.05) is 0 Å². The van der Waals surface area contributed by atoms with Crippen molar-refractivity contribution in [3.63, 3.8) is 0 Å². The fraction of sp³-hybridized carbons (Fsp3) is 0.385. The molecule has 1 aromatic rings. The number of carboxylic acids is 1. The fourth-order valence-corrected chi connectivity index (χ4v) is 1.48. The van der Waals surface area contributed by atoms with E-state index in [0.717, 1.165) is 0 Å². The summed E-state index contributed by atoms with van der Waals surface area (Å²) in [6.45, 7) is 3.13. The number of benzene rings is 1. The van der Waals surface area contributed by atoms with E-state index < -0.39 is 11.4 Å². The number of aliphatic carboxylic acids is 1. The summed E-state index contributed by atoms with van der Waals surface area (Å²) < 4.78 is 15.8. The van der Waals surface area contributed by atoms with Crippen LogP contribution in [0.25, 0.3) is 0 Å². The van der Waals surface area contributed by atoms with Gasteiger partial charge in [-0.25, -0.2) is 0 Å². The highest BCUT2D eigenvalue weighted by Gasteiger charge is 2.29. The number of carboxylic acid groups (broad SMARTS) is 1. The predicted octanol–water partition coefficient (Wildman–Crippen LogP) is 1.72. The highest BCUT2D eigenvalue weighted by atomic mass is 16.7. The average molecular weight is 266 g/mol. The number of hydrogen-bond donors (Lipinski definition) is 1. The lowest BCUT2D eigenvalue weighted by Gasteiger charge is -2.20. The Bertz CT molecular complexity index is 520. The van der Waals surface area contributed by atoms with Gasteiger partial charge in [-0.3, -0.25) is 9.59 Å². The second-order valence-electron chi connectivity index (χ2n) is 4.84. The van der Waals surface area contributed by atoms with Gasteiger partial charge in [0.2, 0.25) is 6.79 Å². The third-order valence-electron chi connectivity index (χ3n) is 2.80. The topological polar surface area (TPSA) is 82.1 Å². The van der Waals surface area contributed by atoms with Crippen molar-refractivity contribution in [2.24, 2.45) is 5.41 Å². The first kappa shape index (κ1) is 13.2. The number of rotatable bonds is 5. The molecular weight excluding hydrogens is 252 g/mol. The highest BCUT2D eigenvalue weighted by molar-refractivity contribution is 5.81. The average Bonchev–Trinajstić information content (AvgIpc) is 2.81. The van der Waals surface area contributed by atoms with Gasteiger partial charge in [0, 0.05) is 6.07 Å². The Hall–Kier alpha value is -2.24. The summed E-state index contributed by atoms with van der Waals surface area (Å²) in [5.41, 5.74) is -0.748. The Labute approximate surface area is 109 Å². The summed E-state index contributed by atoms with van der Waals surface area (Å²) in [6, 6.07) is 3.04. The maximum Gasteiger partial charge on any atom is 0.312 e. The molecule has 6 heteroatoms. The van der Waals surface area contributed by atoms with Gasteiger partial charge in [-0.2, -0.15) is 0 Å². The van der Waals surface area contributed by atoms with Crippen molar-refractivity contribution in [2.75, 3.05) is 13.4 Å². The first-order chi connectivity index (χ1) is 8.94. The number of carbonyl (C=O) groups is 2. The molecule has 6 nitrogen and oxygen atoms in total. The van der Waals surface area contributed by atoms with Crippen LogP contribution in [0, 0.1) is 5.41 Å². The molecule has 0 aliphatic carbocycles. The van der Waals surface area contributed by atoms with Crippen LogP contribution in [0.2, 0.25) is 0 Å². The van der Waals surface area contributed by atoms with Crippen LogP contribution in [0.5, 0.6) is 17.2 Å². The van der Waals surface area contributed by atoms with E-state index in [2.05, 4.69) is 0 Å². The molecule has 0 atom stereocenters. The Morgan fingerprint density at radius 3 is 2.63 bits per heavy atom. The third kappa shape index (κ3) is 2.62. The molecule has 1 aliphatic heterocycles. The van der Waals surface area contributed by atoms with Gasteiger partial charge in [0.1, 0.15) is 12.4 Å². The van der Waals surface area contributed by atoms with Crippen molar-refractivity contribution in [3.8, 4) is 17.2 Å². The molecule has 0 fully saturated rings. The summed E-state index contributed by atoms with van der Waals surface area (Å²) >= 11 is 0. The van der Waals surface area contributed by atoms with Crippen LogP contribution in [0.1, 0.15) is 24.2 Å². The van der Waals surface area contributed by atoms with Gasteiger partial charge < -0.3 is 19.3 Å². The first-order valence-electron chi connectivity index (χ1n) is 5.69. The number of aldehydes is 1. The second-order valence-corrected chi connectivity index (χ2v) is 4.84. The van der Waals surface area contributed by atoms with E-state index in [-0.39, 0.29) is 19.1 Å². The monoisotopic (exact) mass is 266 g/mol. The van der Waals surface area contributed by atoms with Crippen molar-refractivity contribution in [3.05, 3.63) is 17.7 Å². The Kier molecular flexibility index (Phi) is 3.33. The SMILES string of the molecule is CC(C)(COc1cc2c(cc1C=O)OCO2)C(=O)O. The Balaban J connectivity index is 2.21. The third-order valence-corrected chi connectivity index (χ3v) is 2.80. The lowest BCUT2D eigenvalue weighted by Crippen LogP contribution is -2.30. The Morgan fingerprint density at radius 1 is 1.42 bits per heavy atom. The van der Waals surface area contributed by atoms with Crippen molar-refractivity contribution in [1.29, 1.82) is 0 Å². The Morgan fingerprint density at radius 2 is 2.05 bits per heavy atom. The zero-order chi connectivity index (χ0) is 14.0. The quantitative estimate of drug-likeness (QED) is 0.817. The highest BCUT2D eigenvalue weighted by Crippen LogP contribution is 2.38. The molecule has 1 heterocycles. The van der Waals surface area contributed by atoms with Gasteiger partial charge in [0.15, 0.2) is 17.8 Å². The molecule has 0 saturated carbocycles. The smallest absolute Gasteiger partial charge is 0.312 e. The first-order valence-corrected chi connectivity index (χ1v) is 5.69. The van der Waals surface area contributed by atoms with Gasteiger partial charge >= 0.3 is 5.97 Å². The van der Waals surface area contributed by atoms with Crippen LogP contribution in [-0.4, -0.2) is 30.8 Å². The largest absolute Gasteiger partial charge is 0.492 e. The maximum atomic E-state index is 11.0. The molecule has 0 saturated heterocycles. The molecule has 1 N–H and O–H groups in total. The van der Waals surface area contributed by atoms with E-state index in [1.807, 2.05) is 0 Å². The summed E-state index contributed by atoms with van der Waals surface area (Å²) in [4.78, 5) is 22.0. The summed E-state index contributed by atoms with van der Waals surface area (Å²) in [5.74, 6) is 0.273. The van der Waals surface area contributed by atoms with Crippen LogP contribution >= 0.6 is 0 Å². The summed E-state index contributed by atoms with van der Waals surface area (Å²) in [5, 5.41) is 9.01. The van der Waals surface area contributed by atoms with E-state index in [1.165, 1.54) is 12.1 Å². The molecule has 0 aromatic heterocycles. The molecule has 1 aromatic carbocycles. The number of carbonyl (C=O) groups excluding carboxylic acids is 1. The van der Waals surface area contributed by atoms with Crippen LogP contribution in [0.15, 0.2) is 12.1 Å². The minimum Gasteiger partial charge on any atom is -0.492 e. The van der Waals surface area contributed by atoms with E-state index >= 15 is 0 Å². The molecule has 1 aliphatic rings. The van der Waals surface area contributed by atoms with Gasteiger partial charge in [0.05, 0.1) is 11.0 Å². The number of fused-ring (bicyclic) bond motifs is 1. The lowest BCUT2D eigenvalue weighted by atomic mass is 9.95. The van der Waals surface area contributed by atoms with E-state index in [4.69, 9.17) is 19.3 Å². The number of hydrogen-bond acceptors (Lipinski definition) is 5. The maximum absolute atomic E-state index is 11.0. The number of ether oxygens (including phenoxy) is 3. The second kappa shape index (κ2) is 4.79. The molecular formula is C13H14O6. The molecule has 0 unspecified atom stereocenters. The van der Waals surface area contributed by atoms with Crippen molar-refractivity contribution < 1.29 is 28.9 Å². The molecule has 0 amide bonds.